The summed E-state index contributed by atoms with van der Waals surface area (Å²) in [7, 11) is 0. The summed E-state index contributed by atoms with van der Waals surface area (Å²) in [5.74, 6) is 1.19. The second-order valence-corrected chi connectivity index (χ2v) is 8.91. The zero-order chi connectivity index (χ0) is 20.4. The lowest BCUT2D eigenvalue weighted by molar-refractivity contribution is 0.0944. The molecule has 1 fully saturated rings. The minimum atomic E-state index is -0.0997. The molecular formula is C19H22ClN7OS. The Morgan fingerprint density at radius 3 is 2.97 bits per heavy atom. The number of hydrogen-bond donors (Lipinski definition) is 1. The van der Waals surface area contributed by atoms with Gasteiger partial charge in [-0.1, -0.05) is 25.4 Å². The lowest BCUT2D eigenvalue weighted by Crippen LogP contribution is -2.36. The van der Waals surface area contributed by atoms with Crippen molar-refractivity contribution in [2.45, 2.75) is 32.9 Å². The van der Waals surface area contributed by atoms with Crippen molar-refractivity contribution in [3.63, 3.8) is 0 Å². The van der Waals surface area contributed by atoms with Gasteiger partial charge in [0.2, 0.25) is 0 Å². The number of thiazole rings is 1. The summed E-state index contributed by atoms with van der Waals surface area (Å²) < 4.78 is 1.91. The van der Waals surface area contributed by atoms with Crippen LogP contribution in [0.4, 0.5) is 5.82 Å². The van der Waals surface area contributed by atoms with Crippen molar-refractivity contribution in [3.05, 3.63) is 40.8 Å². The van der Waals surface area contributed by atoms with Gasteiger partial charge >= 0.3 is 0 Å². The zero-order valence-electron chi connectivity index (χ0n) is 16.2. The van der Waals surface area contributed by atoms with Crippen LogP contribution in [0, 0.1) is 5.92 Å². The number of halogens is 1. The third-order valence-electron chi connectivity index (χ3n) is 4.63. The predicted molar refractivity (Wildman–Crippen MR) is 113 cm³/mol. The van der Waals surface area contributed by atoms with Crippen molar-refractivity contribution >= 4 is 34.7 Å². The highest BCUT2D eigenvalue weighted by Gasteiger charge is 2.26. The van der Waals surface area contributed by atoms with Gasteiger partial charge in [-0.25, -0.2) is 4.98 Å². The highest BCUT2D eigenvalue weighted by molar-refractivity contribution is 7.16. The third-order valence-corrected chi connectivity index (χ3v) is 5.87. The summed E-state index contributed by atoms with van der Waals surface area (Å²) in [6.45, 7) is 6.66. The van der Waals surface area contributed by atoms with E-state index in [4.69, 9.17) is 11.6 Å². The predicted octanol–water partition coefficient (Wildman–Crippen LogP) is 3.11. The first-order chi connectivity index (χ1) is 14.0. The van der Waals surface area contributed by atoms with Crippen LogP contribution >= 0.6 is 22.9 Å². The van der Waals surface area contributed by atoms with E-state index in [0.717, 1.165) is 35.9 Å². The molecule has 0 radical (unpaired) electrons. The largest absolute Gasteiger partial charge is 0.353 e. The monoisotopic (exact) mass is 431 g/mol. The molecule has 1 amide bonds. The molecule has 4 heterocycles. The van der Waals surface area contributed by atoms with Gasteiger partial charge in [0.05, 0.1) is 12.4 Å². The Balaban J connectivity index is 1.36. The lowest BCUT2D eigenvalue weighted by Gasteiger charge is -2.17. The van der Waals surface area contributed by atoms with Crippen LogP contribution in [0.5, 0.6) is 0 Å². The smallest absolute Gasteiger partial charge is 0.263 e. The fourth-order valence-electron chi connectivity index (χ4n) is 3.28. The topological polar surface area (TPSA) is 88.8 Å². The molecule has 3 aromatic rings. The summed E-state index contributed by atoms with van der Waals surface area (Å²) in [5, 5.41) is 16.6. The van der Waals surface area contributed by atoms with Crippen LogP contribution in [-0.4, -0.2) is 50.0 Å². The summed E-state index contributed by atoms with van der Waals surface area (Å²) in [6.07, 6.45) is 6.25. The first-order valence-corrected chi connectivity index (χ1v) is 10.7. The van der Waals surface area contributed by atoms with Gasteiger partial charge < -0.3 is 10.2 Å². The molecule has 0 aromatic carbocycles. The van der Waals surface area contributed by atoms with E-state index in [-0.39, 0.29) is 11.9 Å². The van der Waals surface area contributed by atoms with E-state index in [2.05, 4.69) is 44.3 Å². The number of nitrogens with one attached hydrogen (secondary N) is 1. The molecule has 3 aromatic heterocycles. The molecule has 0 spiro atoms. The first kappa shape index (κ1) is 19.8. The number of nitrogens with zero attached hydrogens (tertiary/aromatic N) is 6. The van der Waals surface area contributed by atoms with Crippen molar-refractivity contribution in [1.29, 1.82) is 0 Å². The van der Waals surface area contributed by atoms with Crippen LogP contribution in [-0.2, 0) is 6.54 Å². The Bertz CT molecular complexity index is 985. The Morgan fingerprint density at radius 1 is 1.34 bits per heavy atom. The van der Waals surface area contributed by atoms with Crippen molar-refractivity contribution in [1.82, 2.24) is 30.3 Å². The fourth-order valence-corrected chi connectivity index (χ4v) is 4.18. The molecule has 8 nitrogen and oxygen atoms in total. The minimum absolute atomic E-state index is 0.0549. The van der Waals surface area contributed by atoms with Crippen LogP contribution in [0.3, 0.4) is 0 Å². The van der Waals surface area contributed by atoms with Crippen molar-refractivity contribution in [2.75, 3.05) is 18.0 Å². The van der Waals surface area contributed by atoms with Crippen LogP contribution in [0.25, 0.3) is 10.6 Å². The molecular weight excluding hydrogens is 410 g/mol. The molecule has 10 heteroatoms. The van der Waals surface area contributed by atoms with Crippen molar-refractivity contribution in [3.8, 4) is 10.6 Å². The molecule has 1 aliphatic heterocycles. The minimum Gasteiger partial charge on any atom is -0.353 e. The molecule has 0 saturated carbocycles. The molecule has 0 bridgehead atoms. The lowest BCUT2D eigenvalue weighted by atomic mass is 10.2. The Hall–Kier alpha value is -2.52. The number of rotatable bonds is 6. The average molecular weight is 432 g/mol. The number of hydrogen-bond acceptors (Lipinski definition) is 7. The van der Waals surface area contributed by atoms with Gasteiger partial charge in [-0.3, -0.25) is 9.48 Å². The second-order valence-electron chi connectivity index (χ2n) is 7.49. The highest BCUT2D eigenvalue weighted by atomic mass is 35.5. The number of carbonyl (C=O) groups excluding carboxylic acids is 1. The van der Waals surface area contributed by atoms with Crippen LogP contribution in [0.1, 0.15) is 29.9 Å². The van der Waals surface area contributed by atoms with Crippen molar-refractivity contribution in [2.24, 2.45) is 5.92 Å². The third kappa shape index (κ3) is 4.73. The maximum atomic E-state index is 12.7. The molecule has 152 valence electrons. The zero-order valence-corrected chi connectivity index (χ0v) is 17.8. The first-order valence-electron chi connectivity index (χ1n) is 9.51. The SMILES string of the molecule is CC(C)Cn1cc(-c2ncc(C(=O)NC3CCN(c4ccc(Cl)nn4)C3)s2)cn1. The average Bonchev–Trinajstić information content (AvgIpc) is 3.42. The number of amides is 1. The Kier molecular flexibility index (Phi) is 5.77. The van der Waals surface area contributed by atoms with E-state index in [1.165, 1.54) is 11.3 Å². The second kappa shape index (κ2) is 8.46. The molecule has 1 aliphatic rings. The van der Waals surface area contributed by atoms with E-state index in [0.29, 0.717) is 22.5 Å². The van der Waals surface area contributed by atoms with E-state index >= 15 is 0 Å². The quantitative estimate of drug-likeness (QED) is 0.645. The fraction of sp³-hybridized carbons (Fsp3) is 0.421. The number of carbonyl (C=O) groups is 1. The summed E-state index contributed by atoms with van der Waals surface area (Å²) in [6, 6.07) is 3.62. The van der Waals surface area contributed by atoms with E-state index < -0.39 is 0 Å². The molecule has 4 rings (SSSR count). The van der Waals surface area contributed by atoms with Crippen LogP contribution in [0.15, 0.2) is 30.7 Å². The Morgan fingerprint density at radius 2 is 2.21 bits per heavy atom. The molecule has 1 atom stereocenters. The number of aromatic nitrogens is 5. The van der Waals surface area contributed by atoms with Gasteiger partial charge in [0.25, 0.3) is 5.91 Å². The normalized spacial score (nSPS) is 16.6. The van der Waals surface area contributed by atoms with Crippen LogP contribution in [0.2, 0.25) is 5.15 Å². The number of anilines is 1. The van der Waals surface area contributed by atoms with Crippen LogP contribution < -0.4 is 10.2 Å². The van der Waals surface area contributed by atoms with Crippen molar-refractivity contribution < 1.29 is 4.79 Å². The molecule has 1 unspecified atom stereocenters. The maximum Gasteiger partial charge on any atom is 0.263 e. The molecule has 0 aliphatic carbocycles. The molecule has 1 N–H and O–H groups in total. The molecule has 1 saturated heterocycles. The summed E-state index contributed by atoms with van der Waals surface area (Å²) in [4.78, 5) is 19.8. The van der Waals surface area contributed by atoms with E-state index in [1.807, 2.05) is 16.9 Å². The van der Waals surface area contributed by atoms with Gasteiger partial charge in [-0.2, -0.15) is 5.10 Å². The van der Waals surface area contributed by atoms with Gasteiger partial charge in [-0.05, 0) is 24.5 Å². The van der Waals surface area contributed by atoms with E-state index in [1.54, 1.807) is 18.5 Å². The highest BCUT2D eigenvalue weighted by Crippen LogP contribution is 2.25. The maximum absolute atomic E-state index is 12.7. The van der Waals surface area contributed by atoms with Gasteiger partial charge in [-0.15, -0.1) is 21.5 Å². The van der Waals surface area contributed by atoms with Gasteiger partial charge in [0.1, 0.15) is 9.88 Å². The summed E-state index contributed by atoms with van der Waals surface area (Å²) in [5.41, 5.74) is 0.933. The Labute approximate surface area is 177 Å². The standard InChI is InChI=1S/C19H22ClN7OS/c1-12(2)9-27-10-13(7-22-27)19-21-8-15(29-19)18(28)23-14-5-6-26(11-14)17-4-3-16(20)24-25-17/h3-4,7-8,10,12,14H,5-6,9,11H2,1-2H3,(H,23,28). The van der Waals surface area contributed by atoms with E-state index in [9.17, 15) is 4.79 Å². The van der Waals surface area contributed by atoms with Gasteiger partial charge in [0, 0.05) is 37.4 Å². The van der Waals surface area contributed by atoms with Gasteiger partial charge in [0.15, 0.2) is 11.0 Å². The summed E-state index contributed by atoms with van der Waals surface area (Å²) >= 11 is 7.18. The molecule has 29 heavy (non-hydrogen) atoms.